The molecule has 0 unspecified atom stereocenters. The van der Waals surface area contributed by atoms with Crippen molar-refractivity contribution >= 4 is 0 Å². The van der Waals surface area contributed by atoms with Crippen molar-refractivity contribution in [1.29, 1.82) is 0 Å². The molecule has 0 aliphatic carbocycles. The molecule has 2 nitrogen and oxygen atoms in total. The summed E-state index contributed by atoms with van der Waals surface area (Å²) in [5.41, 5.74) is 1.33. The zero-order valence-corrected chi connectivity index (χ0v) is 11.9. The molecule has 0 amide bonds. The van der Waals surface area contributed by atoms with Crippen LogP contribution in [0.5, 0.6) is 0 Å². The molecule has 23 heavy (non-hydrogen) atoms. The molecule has 0 spiro atoms. The fraction of sp³-hybridized carbons (Fsp3) is 0.118. The lowest BCUT2D eigenvalue weighted by molar-refractivity contribution is -0.147. The molecule has 118 valence electrons. The molecule has 0 N–H and O–H groups in total. The quantitative estimate of drug-likeness (QED) is 0.636. The molecule has 2 aromatic carbocycles. The highest BCUT2D eigenvalue weighted by Crippen LogP contribution is 2.31. The van der Waals surface area contributed by atoms with Crippen LogP contribution in [-0.2, 0) is 12.7 Å². The van der Waals surface area contributed by atoms with Gasteiger partial charge in [-0.1, -0.05) is 30.3 Å². The van der Waals surface area contributed by atoms with E-state index in [0.717, 1.165) is 10.1 Å². The molecule has 1 aromatic heterocycles. The zero-order valence-electron chi connectivity index (χ0n) is 11.9. The van der Waals surface area contributed by atoms with E-state index in [1.807, 2.05) is 0 Å². The maximum absolute atomic E-state index is 13.2. The van der Waals surface area contributed by atoms with Crippen LogP contribution in [0, 0.1) is 5.82 Å². The van der Waals surface area contributed by atoms with Gasteiger partial charge < -0.3 is 4.57 Å². The van der Waals surface area contributed by atoms with E-state index >= 15 is 0 Å². The van der Waals surface area contributed by atoms with E-state index in [9.17, 15) is 17.6 Å². The van der Waals surface area contributed by atoms with Crippen molar-refractivity contribution in [1.82, 2.24) is 9.55 Å². The van der Waals surface area contributed by atoms with E-state index < -0.39 is 17.8 Å². The van der Waals surface area contributed by atoms with E-state index in [0.29, 0.717) is 5.56 Å². The van der Waals surface area contributed by atoms with Crippen LogP contribution in [-0.4, -0.2) is 9.55 Å². The van der Waals surface area contributed by atoms with Crippen LogP contribution >= 0.6 is 0 Å². The van der Waals surface area contributed by atoms with E-state index in [2.05, 4.69) is 4.98 Å². The summed E-state index contributed by atoms with van der Waals surface area (Å²) in [6.45, 7) is 0.0594. The topological polar surface area (TPSA) is 17.8 Å². The first-order valence-electron chi connectivity index (χ1n) is 6.88. The first-order chi connectivity index (χ1) is 10.9. The maximum Gasteiger partial charge on any atom is 0.449 e. The SMILES string of the molecule is Fc1ccc(-c2cn(Cc3ccccc3)c(C(F)(F)F)n2)cc1. The third-order valence-electron chi connectivity index (χ3n) is 3.37. The van der Waals surface area contributed by atoms with Gasteiger partial charge in [-0.05, 0) is 29.8 Å². The van der Waals surface area contributed by atoms with E-state index in [4.69, 9.17) is 0 Å². The van der Waals surface area contributed by atoms with Crippen LogP contribution < -0.4 is 0 Å². The Balaban J connectivity index is 2.02. The van der Waals surface area contributed by atoms with Crippen LogP contribution in [0.3, 0.4) is 0 Å². The molecule has 0 fully saturated rings. The van der Waals surface area contributed by atoms with Crippen molar-refractivity contribution < 1.29 is 17.6 Å². The molecule has 0 bridgehead atoms. The van der Waals surface area contributed by atoms with Gasteiger partial charge in [0.2, 0.25) is 5.82 Å². The number of hydrogen-bond donors (Lipinski definition) is 0. The van der Waals surface area contributed by atoms with Crippen LogP contribution in [0.2, 0.25) is 0 Å². The highest BCUT2D eigenvalue weighted by Gasteiger charge is 2.37. The highest BCUT2D eigenvalue weighted by atomic mass is 19.4. The lowest BCUT2D eigenvalue weighted by Crippen LogP contribution is -2.15. The number of aromatic nitrogens is 2. The lowest BCUT2D eigenvalue weighted by atomic mass is 10.2. The molecular formula is C17H12F4N2. The van der Waals surface area contributed by atoms with Crippen molar-refractivity contribution in [3.63, 3.8) is 0 Å². The smallest absolute Gasteiger partial charge is 0.322 e. The average molecular weight is 320 g/mol. The van der Waals surface area contributed by atoms with E-state index in [1.165, 1.54) is 30.5 Å². The Labute approximate surface area is 130 Å². The maximum atomic E-state index is 13.2. The van der Waals surface area contributed by atoms with Gasteiger partial charge in [0.25, 0.3) is 0 Å². The predicted molar refractivity (Wildman–Crippen MR) is 78.2 cm³/mol. The number of hydrogen-bond acceptors (Lipinski definition) is 1. The van der Waals surface area contributed by atoms with Crippen molar-refractivity contribution in [2.24, 2.45) is 0 Å². The van der Waals surface area contributed by atoms with Crippen LogP contribution in [0.1, 0.15) is 11.4 Å². The monoisotopic (exact) mass is 320 g/mol. The standard InChI is InChI=1S/C17H12F4N2/c18-14-8-6-13(7-9-14)15-11-23(16(22-15)17(19,20)21)10-12-4-2-1-3-5-12/h1-9,11H,10H2. The Kier molecular flexibility index (Phi) is 3.90. The zero-order chi connectivity index (χ0) is 16.4. The Morgan fingerprint density at radius 2 is 1.57 bits per heavy atom. The number of rotatable bonds is 3. The molecular weight excluding hydrogens is 308 g/mol. The predicted octanol–water partition coefficient (Wildman–Crippen LogP) is 4.76. The number of imidazole rings is 1. The minimum atomic E-state index is -4.56. The molecule has 1 heterocycles. The molecule has 0 radical (unpaired) electrons. The third-order valence-corrected chi connectivity index (χ3v) is 3.37. The molecule has 0 aliphatic rings. The molecule has 0 saturated carbocycles. The highest BCUT2D eigenvalue weighted by molar-refractivity contribution is 5.58. The normalized spacial score (nSPS) is 11.7. The van der Waals surface area contributed by atoms with Crippen LogP contribution in [0.4, 0.5) is 17.6 Å². The minimum absolute atomic E-state index is 0.0594. The van der Waals surface area contributed by atoms with Crippen LogP contribution in [0.25, 0.3) is 11.3 Å². The Bertz CT molecular complexity index is 790. The second-order valence-electron chi connectivity index (χ2n) is 5.07. The minimum Gasteiger partial charge on any atom is -0.322 e. The van der Waals surface area contributed by atoms with Gasteiger partial charge in [0.1, 0.15) is 5.82 Å². The summed E-state index contributed by atoms with van der Waals surface area (Å²) in [5, 5.41) is 0. The second-order valence-corrected chi connectivity index (χ2v) is 5.07. The fourth-order valence-corrected chi connectivity index (χ4v) is 2.30. The van der Waals surface area contributed by atoms with Gasteiger partial charge in [0, 0.05) is 18.3 Å². The Hall–Kier alpha value is -2.63. The first-order valence-corrected chi connectivity index (χ1v) is 6.88. The summed E-state index contributed by atoms with van der Waals surface area (Å²) in [5.74, 6) is -1.42. The molecule has 3 aromatic rings. The summed E-state index contributed by atoms with van der Waals surface area (Å²) >= 11 is 0. The molecule has 0 atom stereocenters. The Morgan fingerprint density at radius 1 is 0.913 bits per heavy atom. The Morgan fingerprint density at radius 3 is 2.17 bits per heavy atom. The van der Waals surface area contributed by atoms with Gasteiger partial charge in [0.05, 0.1) is 5.69 Å². The summed E-state index contributed by atoms with van der Waals surface area (Å²) < 4.78 is 53.6. The van der Waals surface area contributed by atoms with Crippen molar-refractivity contribution in [3.8, 4) is 11.3 Å². The van der Waals surface area contributed by atoms with E-state index in [1.54, 1.807) is 30.3 Å². The second kappa shape index (κ2) is 5.87. The number of alkyl halides is 3. The summed E-state index contributed by atoms with van der Waals surface area (Å²) in [6, 6.07) is 14.0. The van der Waals surface area contributed by atoms with Crippen molar-refractivity contribution in [2.75, 3.05) is 0 Å². The van der Waals surface area contributed by atoms with Crippen LogP contribution in [0.15, 0.2) is 60.8 Å². The molecule has 6 heteroatoms. The average Bonchev–Trinajstić information content (AvgIpc) is 2.93. The molecule has 0 aliphatic heterocycles. The number of nitrogens with zero attached hydrogens (tertiary/aromatic N) is 2. The summed E-state index contributed by atoms with van der Waals surface area (Å²) in [7, 11) is 0. The van der Waals surface area contributed by atoms with E-state index in [-0.39, 0.29) is 12.2 Å². The lowest BCUT2D eigenvalue weighted by Gasteiger charge is -2.09. The van der Waals surface area contributed by atoms with Crippen molar-refractivity contribution in [2.45, 2.75) is 12.7 Å². The van der Waals surface area contributed by atoms with Crippen molar-refractivity contribution in [3.05, 3.63) is 78.0 Å². The molecule has 0 saturated heterocycles. The molecule has 3 rings (SSSR count). The fourth-order valence-electron chi connectivity index (χ4n) is 2.30. The number of benzene rings is 2. The van der Waals surface area contributed by atoms with Gasteiger partial charge >= 0.3 is 6.18 Å². The first kappa shape index (κ1) is 15.3. The number of halogens is 4. The van der Waals surface area contributed by atoms with Gasteiger partial charge in [-0.25, -0.2) is 9.37 Å². The third kappa shape index (κ3) is 3.41. The van der Waals surface area contributed by atoms with Gasteiger partial charge in [-0.2, -0.15) is 13.2 Å². The summed E-state index contributed by atoms with van der Waals surface area (Å²) in [6.07, 6.45) is -3.23. The largest absolute Gasteiger partial charge is 0.449 e. The van der Waals surface area contributed by atoms with Gasteiger partial charge in [-0.3, -0.25) is 0 Å². The van der Waals surface area contributed by atoms with Gasteiger partial charge in [0.15, 0.2) is 0 Å². The summed E-state index contributed by atoms with van der Waals surface area (Å²) in [4.78, 5) is 3.69. The van der Waals surface area contributed by atoms with Gasteiger partial charge in [-0.15, -0.1) is 0 Å².